The van der Waals surface area contributed by atoms with E-state index in [4.69, 9.17) is 4.74 Å². The number of aromatic amines is 1. The van der Waals surface area contributed by atoms with Gasteiger partial charge in [-0.2, -0.15) is 0 Å². The summed E-state index contributed by atoms with van der Waals surface area (Å²) in [5.74, 6) is -0.729. The fraction of sp³-hybridized carbons (Fsp3) is 0.241. The number of amides is 1. The summed E-state index contributed by atoms with van der Waals surface area (Å²) in [7, 11) is 0. The number of imidazole rings is 1. The van der Waals surface area contributed by atoms with E-state index in [1.165, 1.54) is 4.90 Å². The van der Waals surface area contributed by atoms with Crippen LogP contribution in [0, 0.1) is 6.92 Å². The lowest BCUT2D eigenvalue weighted by Gasteiger charge is -2.23. The molecule has 0 radical (unpaired) electrons. The molecule has 0 aliphatic carbocycles. The lowest BCUT2D eigenvalue weighted by atomic mass is 9.93. The van der Waals surface area contributed by atoms with Gasteiger partial charge in [-0.05, 0) is 78.9 Å². The summed E-state index contributed by atoms with van der Waals surface area (Å²) in [6.45, 7) is 8.44. The van der Waals surface area contributed by atoms with Gasteiger partial charge in [0.15, 0.2) is 0 Å². The maximum Gasteiger partial charge on any atom is 0.302 e. The highest BCUT2D eigenvalue weighted by Gasteiger charge is 2.48. The number of aliphatic hydroxyl groups is 1. The van der Waals surface area contributed by atoms with Crippen LogP contribution in [0.2, 0.25) is 0 Å². The zero-order valence-corrected chi connectivity index (χ0v) is 21.1. The summed E-state index contributed by atoms with van der Waals surface area (Å²) in [6.07, 6.45) is 3.18. The predicted molar refractivity (Wildman–Crippen MR) is 142 cm³/mol. The Morgan fingerprint density at radius 3 is 2.57 bits per heavy atom. The Labute approximate surface area is 214 Å². The number of carbonyl (C=O) groups is 2. The van der Waals surface area contributed by atoms with Crippen molar-refractivity contribution in [2.45, 2.75) is 39.7 Å². The van der Waals surface area contributed by atoms with Crippen molar-refractivity contribution in [3.63, 3.8) is 0 Å². The fourth-order valence-corrected chi connectivity index (χ4v) is 4.73. The van der Waals surface area contributed by atoms with E-state index in [9.17, 15) is 14.7 Å². The van der Waals surface area contributed by atoms with E-state index in [1.807, 2.05) is 52.0 Å². The van der Waals surface area contributed by atoms with Gasteiger partial charge in [0.05, 0.1) is 29.3 Å². The van der Waals surface area contributed by atoms with E-state index < -0.39 is 17.7 Å². The highest BCUT2D eigenvalue weighted by molar-refractivity contribution is 6.51. The first-order valence-corrected chi connectivity index (χ1v) is 12.2. The third kappa shape index (κ3) is 4.24. The van der Waals surface area contributed by atoms with Crippen LogP contribution in [0.5, 0.6) is 5.75 Å². The highest BCUT2D eigenvalue weighted by Crippen LogP contribution is 2.42. The van der Waals surface area contributed by atoms with Gasteiger partial charge in [-0.25, -0.2) is 4.98 Å². The number of Topliss-reactive ketones (excluding diaryl/α,β-unsaturated/α-hetero) is 1. The lowest BCUT2D eigenvalue weighted by Crippen LogP contribution is -2.30. The monoisotopic (exact) mass is 496 g/mol. The molecule has 3 heterocycles. The van der Waals surface area contributed by atoms with Gasteiger partial charge < -0.3 is 14.8 Å². The molecule has 2 aromatic heterocycles. The van der Waals surface area contributed by atoms with Crippen LogP contribution in [0.4, 0.5) is 5.95 Å². The zero-order valence-electron chi connectivity index (χ0n) is 21.1. The summed E-state index contributed by atoms with van der Waals surface area (Å²) < 4.78 is 5.75. The molecule has 5 rings (SSSR count). The number of aryl methyl sites for hydroxylation is 1. The van der Waals surface area contributed by atoms with Crippen molar-refractivity contribution in [3.8, 4) is 5.75 Å². The molecule has 4 aromatic rings. The molecule has 188 valence electrons. The first kappa shape index (κ1) is 24.2. The van der Waals surface area contributed by atoms with E-state index >= 15 is 0 Å². The van der Waals surface area contributed by atoms with Gasteiger partial charge in [-0.15, -0.1) is 0 Å². The second kappa shape index (κ2) is 9.54. The van der Waals surface area contributed by atoms with Crippen LogP contribution in [-0.2, 0) is 9.59 Å². The standard InChI is InChI=1S/C29H28N4O4/c1-5-37-23-9-7-19(15-20(23)16(2)3)26(34)24-25(18-10-12-30-13-11-18)33(28(36)27(24)35)29-31-21-8-6-17(4)14-22(21)32-29/h6-16,25,34H,5H2,1-4H3,(H,31,32)/b26-24+. The average Bonchev–Trinajstić information content (AvgIpc) is 3.42. The van der Waals surface area contributed by atoms with Gasteiger partial charge in [0, 0.05) is 18.0 Å². The van der Waals surface area contributed by atoms with Crippen LogP contribution < -0.4 is 9.64 Å². The van der Waals surface area contributed by atoms with Gasteiger partial charge >= 0.3 is 5.91 Å². The molecule has 0 bridgehead atoms. The van der Waals surface area contributed by atoms with Crippen molar-refractivity contribution in [1.29, 1.82) is 0 Å². The molecule has 0 saturated carbocycles. The molecule has 2 N–H and O–H groups in total. The van der Waals surface area contributed by atoms with Gasteiger partial charge in [0.1, 0.15) is 11.5 Å². The SMILES string of the molecule is CCOc1ccc(/C(O)=C2\C(=O)C(=O)N(c3nc4ccc(C)cc4[nH]3)C2c2ccncc2)cc1C(C)C. The Kier molecular flexibility index (Phi) is 6.25. The number of rotatable bonds is 6. The van der Waals surface area contributed by atoms with Crippen molar-refractivity contribution in [1.82, 2.24) is 15.0 Å². The average molecular weight is 497 g/mol. The normalized spacial score (nSPS) is 17.2. The summed E-state index contributed by atoms with van der Waals surface area (Å²) in [4.78, 5) is 40.1. The molecule has 1 aliphatic rings. The maximum atomic E-state index is 13.5. The smallest absolute Gasteiger partial charge is 0.302 e. The van der Waals surface area contributed by atoms with Crippen LogP contribution in [0.3, 0.4) is 0 Å². The third-order valence-electron chi connectivity index (χ3n) is 6.52. The van der Waals surface area contributed by atoms with Crippen LogP contribution in [0.25, 0.3) is 16.8 Å². The predicted octanol–water partition coefficient (Wildman–Crippen LogP) is 5.41. The van der Waals surface area contributed by atoms with E-state index in [-0.39, 0.29) is 23.2 Å². The molecule has 1 aliphatic heterocycles. The lowest BCUT2D eigenvalue weighted by molar-refractivity contribution is -0.132. The third-order valence-corrected chi connectivity index (χ3v) is 6.52. The highest BCUT2D eigenvalue weighted by atomic mass is 16.5. The number of ether oxygens (including phenoxy) is 1. The number of H-pyrrole nitrogens is 1. The van der Waals surface area contributed by atoms with Crippen LogP contribution >= 0.6 is 0 Å². The molecular weight excluding hydrogens is 468 g/mol. The van der Waals surface area contributed by atoms with E-state index in [0.717, 1.165) is 22.4 Å². The Morgan fingerprint density at radius 1 is 1.11 bits per heavy atom. The number of aromatic nitrogens is 3. The number of hydrogen-bond donors (Lipinski definition) is 2. The number of nitrogens with zero attached hydrogens (tertiary/aromatic N) is 3. The van der Waals surface area contributed by atoms with Gasteiger partial charge in [-0.1, -0.05) is 19.9 Å². The molecule has 1 fully saturated rings. The first-order valence-electron chi connectivity index (χ1n) is 12.2. The van der Waals surface area contributed by atoms with Crippen molar-refractivity contribution < 1.29 is 19.4 Å². The molecule has 0 spiro atoms. The Balaban J connectivity index is 1.70. The van der Waals surface area contributed by atoms with Crippen molar-refractivity contribution >= 4 is 34.4 Å². The van der Waals surface area contributed by atoms with Gasteiger partial charge in [0.2, 0.25) is 5.95 Å². The van der Waals surface area contributed by atoms with Gasteiger partial charge in [-0.3, -0.25) is 19.5 Å². The molecule has 8 nitrogen and oxygen atoms in total. The number of carbonyl (C=O) groups excluding carboxylic acids is 2. The number of anilines is 1. The number of fused-ring (bicyclic) bond motifs is 1. The molecule has 1 saturated heterocycles. The number of aliphatic hydroxyl groups excluding tert-OH is 1. The molecule has 37 heavy (non-hydrogen) atoms. The number of nitrogens with one attached hydrogen (secondary N) is 1. The molecule has 1 atom stereocenters. The summed E-state index contributed by atoms with van der Waals surface area (Å²) in [5, 5.41) is 11.5. The quantitative estimate of drug-likeness (QED) is 0.210. The molecular formula is C29H28N4O4. The fourth-order valence-electron chi connectivity index (χ4n) is 4.73. The van der Waals surface area contributed by atoms with Crippen molar-refractivity contribution in [2.24, 2.45) is 0 Å². The van der Waals surface area contributed by atoms with Crippen LogP contribution in [0.15, 0.2) is 66.5 Å². The minimum atomic E-state index is -0.890. The Bertz CT molecular complexity index is 1540. The summed E-state index contributed by atoms with van der Waals surface area (Å²) in [5.41, 5.74) is 4.40. The number of ketones is 1. The number of benzene rings is 2. The Morgan fingerprint density at radius 2 is 1.86 bits per heavy atom. The minimum absolute atomic E-state index is 0.00768. The van der Waals surface area contributed by atoms with Crippen molar-refractivity contribution in [2.75, 3.05) is 11.5 Å². The van der Waals surface area contributed by atoms with Crippen molar-refractivity contribution in [3.05, 3.63) is 88.8 Å². The topological polar surface area (TPSA) is 108 Å². The molecule has 2 aromatic carbocycles. The summed E-state index contributed by atoms with van der Waals surface area (Å²) >= 11 is 0. The summed E-state index contributed by atoms with van der Waals surface area (Å²) in [6, 6.07) is 13.6. The number of pyridine rings is 1. The second-order valence-corrected chi connectivity index (χ2v) is 9.37. The zero-order chi connectivity index (χ0) is 26.3. The van der Waals surface area contributed by atoms with Gasteiger partial charge in [0.25, 0.3) is 5.78 Å². The second-order valence-electron chi connectivity index (χ2n) is 9.37. The van der Waals surface area contributed by atoms with E-state index in [1.54, 1.807) is 36.7 Å². The maximum absolute atomic E-state index is 13.5. The molecule has 1 unspecified atom stereocenters. The number of hydrogen-bond acceptors (Lipinski definition) is 6. The Hall–Kier alpha value is -4.46. The minimum Gasteiger partial charge on any atom is -0.507 e. The first-order chi connectivity index (χ1) is 17.8. The van der Waals surface area contributed by atoms with Crippen LogP contribution in [-0.4, -0.2) is 38.4 Å². The van der Waals surface area contributed by atoms with E-state index in [2.05, 4.69) is 15.0 Å². The largest absolute Gasteiger partial charge is 0.507 e. The van der Waals surface area contributed by atoms with E-state index in [0.29, 0.717) is 23.3 Å². The molecule has 8 heteroatoms. The van der Waals surface area contributed by atoms with Crippen LogP contribution in [0.1, 0.15) is 55.0 Å². The molecule has 1 amide bonds.